The van der Waals surface area contributed by atoms with Gasteiger partial charge in [-0.2, -0.15) is 0 Å². The summed E-state index contributed by atoms with van der Waals surface area (Å²) in [6.07, 6.45) is 0. The SMILES string of the molecule is Cc1ccc2c(c1)oc(=O)c1ccccc12.Cc1ccccc1-c1cc(-c2ccc3c(c2)c2ccccc2n3-c2ccccc2)ccc1C. The number of hydrogen-bond acceptors (Lipinski definition) is 2. The summed E-state index contributed by atoms with van der Waals surface area (Å²) in [5.74, 6) is 0. The van der Waals surface area contributed by atoms with E-state index in [9.17, 15) is 4.79 Å². The second kappa shape index (κ2) is 12.4. The molecule has 0 radical (unpaired) electrons. The van der Waals surface area contributed by atoms with Gasteiger partial charge in [0.1, 0.15) is 5.58 Å². The Balaban J connectivity index is 0.000000182. The molecular formula is C46H35NO2. The number of aromatic nitrogens is 1. The molecule has 0 aliphatic rings. The predicted molar refractivity (Wildman–Crippen MR) is 206 cm³/mol. The zero-order valence-corrected chi connectivity index (χ0v) is 27.8. The van der Waals surface area contributed by atoms with Crippen molar-refractivity contribution in [2.24, 2.45) is 0 Å². The molecule has 7 aromatic carbocycles. The lowest BCUT2D eigenvalue weighted by Gasteiger charge is -2.12. The summed E-state index contributed by atoms with van der Waals surface area (Å²) in [7, 11) is 0. The lowest BCUT2D eigenvalue weighted by atomic mass is 9.92. The van der Waals surface area contributed by atoms with E-state index < -0.39 is 0 Å². The maximum atomic E-state index is 11.7. The van der Waals surface area contributed by atoms with Crippen LogP contribution in [-0.2, 0) is 0 Å². The third-order valence-corrected chi connectivity index (χ3v) is 9.47. The highest BCUT2D eigenvalue weighted by Gasteiger charge is 2.14. The van der Waals surface area contributed by atoms with Gasteiger partial charge in [0.05, 0.1) is 16.4 Å². The molecule has 0 fully saturated rings. The van der Waals surface area contributed by atoms with Crippen LogP contribution in [0.3, 0.4) is 0 Å². The fourth-order valence-electron chi connectivity index (χ4n) is 6.96. The van der Waals surface area contributed by atoms with Gasteiger partial charge in [0.25, 0.3) is 0 Å². The summed E-state index contributed by atoms with van der Waals surface area (Å²) < 4.78 is 7.66. The Hall–Kier alpha value is -6.19. The molecule has 3 heteroatoms. The molecule has 0 bridgehead atoms. The van der Waals surface area contributed by atoms with E-state index in [1.165, 1.54) is 60.9 Å². The van der Waals surface area contributed by atoms with Gasteiger partial charge in [-0.3, -0.25) is 0 Å². The zero-order chi connectivity index (χ0) is 33.5. The van der Waals surface area contributed by atoms with Gasteiger partial charge in [-0.25, -0.2) is 4.79 Å². The first kappa shape index (κ1) is 30.2. The molecule has 0 atom stereocenters. The minimum atomic E-state index is -0.270. The molecule has 3 nitrogen and oxygen atoms in total. The molecule has 2 heterocycles. The van der Waals surface area contributed by atoms with Crippen molar-refractivity contribution in [1.29, 1.82) is 0 Å². The van der Waals surface area contributed by atoms with E-state index in [0.29, 0.717) is 11.0 Å². The summed E-state index contributed by atoms with van der Waals surface area (Å²) in [4.78, 5) is 11.7. The molecule has 0 saturated carbocycles. The van der Waals surface area contributed by atoms with Crippen molar-refractivity contribution in [2.75, 3.05) is 0 Å². The Labute approximate surface area is 285 Å². The number of aryl methyl sites for hydroxylation is 3. The molecule has 2 aromatic heterocycles. The van der Waals surface area contributed by atoms with E-state index in [-0.39, 0.29) is 5.63 Å². The zero-order valence-electron chi connectivity index (χ0n) is 27.8. The summed E-state index contributed by atoms with van der Waals surface area (Å²) in [5, 5.41) is 5.14. The van der Waals surface area contributed by atoms with Crippen LogP contribution in [0, 0.1) is 20.8 Å². The molecule has 9 rings (SSSR count). The molecule has 0 unspecified atom stereocenters. The lowest BCUT2D eigenvalue weighted by molar-refractivity contribution is 0.569. The summed E-state index contributed by atoms with van der Waals surface area (Å²) in [6.45, 7) is 6.36. The number of benzene rings is 7. The standard InChI is InChI=1S/C32H25N.C14H10O2/c1-22-10-6-7-13-27(22)29-20-24(17-16-23(29)2)25-18-19-32-30(21-25)28-14-8-9-15-31(28)33(32)26-11-4-3-5-12-26;1-9-6-7-11-10-4-2-3-5-12(10)14(15)16-13(11)8-9/h3-21H,1-2H3;2-8H,1H3. The van der Waals surface area contributed by atoms with Crippen LogP contribution in [0.1, 0.15) is 16.7 Å². The van der Waals surface area contributed by atoms with Crippen molar-refractivity contribution < 1.29 is 4.42 Å². The van der Waals surface area contributed by atoms with Crippen molar-refractivity contribution in [2.45, 2.75) is 20.8 Å². The van der Waals surface area contributed by atoms with Crippen molar-refractivity contribution in [1.82, 2.24) is 4.57 Å². The monoisotopic (exact) mass is 633 g/mol. The Morgan fingerprint density at radius 3 is 1.90 bits per heavy atom. The molecule has 0 saturated heterocycles. The van der Waals surface area contributed by atoms with Gasteiger partial charge in [-0.1, -0.05) is 109 Å². The van der Waals surface area contributed by atoms with Gasteiger partial charge >= 0.3 is 5.63 Å². The normalized spacial score (nSPS) is 11.2. The number of hydrogen-bond donors (Lipinski definition) is 0. The first-order chi connectivity index (χ1) is 24.0. The highest BCUT2D eigenvalue weighted by molar-refractivity contribution is 6.10. The van der Waals surface area contributed by atoms with Crippen molar-refractivity contribution in [3.8, 4) is 27.9 Å². The lowest BCUT2D eigenvalue weighted by Crippen LogP contribution is -1.99. The molecule has 236 valence electrons. The highest BCUT2D eigenvalue weighted by Crippen LogP contribution is 2.37. The van der Waals surface area contributed by atoms with Crippen molar-refractivity contribution in [3.05, 3.63) is 185 Å². The van der Waals surface area contributed by atoms with Gasteiger partial charge < -0.3 is 8.98 Å². The quantitative estimate of drug-likeness (QED) is 0.143. The molecule has 0 spiro atoms. The van der Waals surface area contributed by atoms with Gasteiger partial charge in [0, 0.05) is 21.8 Å². The van der Waals surface area contributed by atoms with Crippen LogP contribution in [0.4, 0.5) is 0 Å². The van der Waals surface area contributed by atoms with Gasteiger partial charge in [0.2, 0.25) is 0 Å². The van der Waals surface area contributed by atoms with E-state index >= 15 is 0 Å². The van der Waals surface area contributed by atoms with Crippen LogP contribution in [0.25, 0.3) is 71.5 Å². The number of rotatable bonds is 3. The van der Waals surface area contributed by atoms with E-state index in [4.69, 9.17) is 4.42 Å². The summed E-state index contributed by atoms with van der Waals surface area (Å²) >= 11 is 0. The topological polar surface area (TPSA) is 35.1 Å². The largest absolute Gasteiger partial charge is 0.422 e. The van der Waals surface area contributed by atoms with Crippen LogP contribution >= 0.6 is 0 Å². The molecule has 49 heavy (non-hydrogen) atoms. The molecular weight excluding hydrogens is 599 g/mol. The maximum absolute atomic E-state index is 11.7. The van der Waals surface area contributed by atoms with Gasteiger partial charge in [0.15, 0.2) is 0 Å². The second-order valence-electron chi connectivity index (χ2n) is 12.7. The fraction of sp³-hybridized carbons (Fsp3) is 0.0652. The third kappa shape index (κ3) is 5.50. The first-order valence-electron chi connectivity index (χ1n) is 16.6. The Kier molecular flexibility index (Phi) is 7.66. The Morgan fingerprint density at radius 1 is 0.449 bits per heavy atom. The van der Waals surface area contributed by atoms with E-state index in [2.05, 4.69) is 134 Å². The first-order valence-corrected chi connectivity index (χ1v) is 16.6. The molecule has 0 aliphatic carbocycles. The van der Waals surface area contributed by atoms with Crippen molar-refractivity contribution in [3.63, 3.8) is 0 Å². The van der Waals surface area contributed by atoms with E-state index in [0.717, 1.165) is 16.3 Å². The van der Waals surface area contributed by atoms with Crippen molar-refractivity contribution >= 4 is 43.5 Å². The number of nitrogens with zero attached hydrogens (tertiary/aromatic N) is 1. The van der Waals surface area contributed by atoms with Crippen LogP contribution < -0.4 is 5.63 Å². The molecule has 0 amide bonds. The minimum Gasteiger partial charge on any atom is -0.422 e. The molecule has 9 aromatic rings. The molecule has 0 aliphatic heterocycles. The average Bonchev–Trinajstić information content (AvgIpc) is 3.46. The Morgan fingerprint density at radius 2 is 1.08 bits per heavy atom. The number of fused-ring (bicyclic) bond motifs is 6. The maximum Gasteiger partial charge on any atom is 0.344 e. The Bertz CT molecular complexity index is 2710. The van der Waals surface area contributed by atoms with Crippen LogP contribution in [-0.4, -0.2) is 4.57 Å². The highest BCUT2D eigenvalue weighted by atomic mass is 16.4. The van der Waals surface area contributed by atoms with E-state index in [1.54, 1.807) is 6.07 Å². The van der Waals surface area contributed by atoms with Crippen LogP contribution in [0.15, 0.2) is 167 Å². The van der Waals surface area contributed by atoms with E-state index in [1.807, 2.05) is 43.3 Å². The smallest absolute Gasteiger partial charge is 0.344 e. The average molecular weight is 634 g/mol. The van der Waals surface area contributed by atoms with Crippen LogP contribution in [0.2, 0.25) is 0 Å². The van der Waals surface area contributed by atoms with Gasteiger partial charge in [-0.05, 0) is 114 Å². The molecule has 0 N–H and O–H groups in total. The number of para-hydroxylation sites is 2. The second-order valence-corrected chi connectivity index (χ2v) is 12.7. The summed E-state index contributed by atoms with van der Waals surface area (Å²) in [5.41, 5.74) is 12.8. The summed E-state index contributed by atoms with van der Waals surface area (Å²) in [6, 6.07) is 55.1. The third-order valence-electron chi connectivity index (χ3n) is 9.47. The minimum absolute atomic E-state index is 0.270. The fourth-order valence-corrected chi connectivity index (χ4v) is 6.96. The predicted octanol–water partition coefficient (Wildman–Crippen LogP) is 12.0. The van der Waals surface area contributed by atoms with Gasteiger partial charge in [-0.15, -0.1) is 0 Å². The van der Waals surface area contributed by atoms with Crippen LogP contribution in [0.5, 0.6) is 0 Å².